The maximum atomic E-state index is 12.1. The lowest BCUT2D eigenvalue weighted by molar-refractivity contribution is -0.0463. The number of rotatable bonds is 7. The summed E-state index contributed by atoms with van der Waals surface area (Å²) in [6.45, 7) is 6.41. The van der Waals surface area contributed by atoms with Gasteiger partial charge in [0.1, 0.15) is 6.61 Å². The van der Waals surface area contributed by atoms with Crippen LogP contribution in [0.15, 0.2) is 12.2 Å². The average molecular weight is 335 g/mol. The van der Waals surface area contributed by atoms with Crippen molar-refractivity contribution in [1.82, 2.24) is 10.6 Å². The van der Waals surface area contributed by atoms with E-state index in [0.29, 0.717) is 42.5 Å². The van der Waals surface area contributed by atoms with Crippen LogP contribution in [0.2, 0.25) is 0 Å². The first-order valence-corrected chi connectivity index (χ1v) is 9.55. The Bertz CT molecular complexity index is 461. The van der Waals surface area contributed by atoms with Crippen molar-refractivity contribution >= 4 is 6.09 Å². The summed E-state index contributed by atoms with van der Waals surface area (Å²) in [5, 5.41) is 7.05. The summed E-state index contributed by atoms with van der Waals surface area (Å²) >= 11 is 0. The zero-order valence-corrected chi connectivity index (χ0v) is 15.1. The fraction of sp³-hybridized carbons (Fsp3) is 0.842. The molecule has 0 aliphatic heterocycles. The highest BCUT2D eigenvalue weighted by molar-refractivity contribution is 5.67. The lowest BCUT2D eigenvalue weighted by Gasteiger charge is -2.60. The summed E-state index contributed by atoms with van der Waals surface area (Å²) in [6, 6.07) is 0.293. The molecule has 5 heteroatoms. The highest BCUT2D eigenvalue weighted by Gasteiger charge is 2.55. The van der Waals surface area contributed by atoms with Crippen LogP contribution in [0.3, 0.4) is 0 Å². The number of carbonyl (C=O) groups excluding carboxylic acids is 1. The third-order valence-electron chi connectivity index (χ3n) is 6.06. The van der Waals surface area contributed by atoms with Crippen LogP contribution in [0.5, 0.6) is 0 Å². The van der Waals surface area contributed by atoms with Crippen LogP contribution >= 0.6 is 0 Å². The van der Waals surface area contributed by atoms with E-state index in [9.17, 15) is 4.79 Å². The highest BCUT2D eigenvalue weighted by Crippen LogP contribution is 2.55. The Balaban J connectivity index is 1.55. The predicted molar refractivity (Wildman–Crippen MR) is 95.6 cm³/mol. The lowest BCUT2D eigenvalue weighted by atomic mass is 9.51. The molecule has 1 amide bonds. The minimum absolute atomic E-state index is 0.279. The molecule has 0 radical (unpaired) electrons. The maximum Gasteiger partial charge on any atom is 0.407 e. The average Bonchev–Trinajstić information content (AvgIpc) is 2.53. The van der Waals surface area contributed by atoms with Gasteiger partial charge in [-0.2, -0.15) is 0 Å². The Labute approximate surface area is 145 Å². The molecular formula is C19H33N3O2. The van der Waals surface area contributed by atoms with Crippen LogP contribution in [0.25, 0.3) is 0 Å². The number of nitrogens with one attached hydrogen (secondary N) is 2. The molecule has 0 heterocycles. The number of hydrogen-bond acceptors (Lipinski definition) is 4. The molecule has 0 spiro atoms. The zero-order valence-electron chi connectivity index (χ0n) is 15.1. The van der Waals surface area contributed by atoms with E-state index < -0.39 is 0 Å². The van der Waals surface area contributed by atoms with Crippen LogP contribution in [0, 0.1) is 23.7 Å². The van der Waals surface area contributed by atoms with Crippen molar-refractivity contribution in [1.29, 1.82) is 0 Å². The Kier molecular flexibility index (Phi) is 5.50. The second-order valence-electron chi connectivity index (χ2n) is 8.50. The molecule has 4 saturated carbocycles. The summed E-state index contributed by atoms with van der Waals surface area (Å²) < 4.78 is 5.25. The van der Waals surface area contributed by atoms with E-state index in [-0.39, 0.29) is 6.09 Å². The van der Waals surface area contributed by atoms with E-state index in [0.717, 1.165) is 12.5 Å². The molecule has 4 bridgehead atoms. The molecule has 136 valence electrons. The van der Waals surface area contributed by atoms with Crippen molar-refractivity contribution in [2.75, 3.05) is 19.7 Å². The van der Waals surface area contributed by atoms with Gasteiger partial charge in [0.15, 0.2) is 0 Å². The Morgan fingerprint density at radius 3 is 2.58 bits per heavy atom. The fourth-order valence-electron chi connectivity index (χ4n) is 5.36. The SMILES string of the molecule is CC(C)CNC12CC3CC(C1)C(NC(=O)OC/C=C/CN)C(C3)C2. The molecule has 4 fully saturated rings. The molecule has 4 aliphatic carbocycles. The first kappa shape index (κ1) is 17.7. The minimum Gasteiger partial charge on any atom is -0.445 e. The summed E-state index contributed by atoms with van der Waals surface area (Å²) in [7, 11) is 0. The number of hydrogen-bond donors (Lipinski definition) is 3. The number of ether oxygens (including phenoxy) is 1. The third-order valence-corrected chi connectivity index (χ3v) is 6.06. The van der Waals surface area contributed by atoms with Crippen LogP contribution in [-0.4, -0.2) is 37.4 Å². The van der Waals surface area contributed by atoms with Gasteiger partial charge < -0.3 is 21.1 Å². The minimum atomic E-state index is -0.279. The quantitative estimate of drug-likeness (QED) is 0.625. The molecule has 0 saturated heterocycles. The van der Waals surface area contributed by atoms with Crippen LogP contribution in [0.4, 0.5) is 4.79 Å². The van der Waals surface area contributed by atoms with Crippen molar-refractivity contribution in [3.8, 4) is 0 Å². The summed E-state index contributed by atoms with van der Waals surface area (Å²) in [4.78, 5) is 12.1. The van der Waals surface area contributed by atoms with E-state index in [1.54, 1.807) is 12.2 Å². The van der Waals surface area contributed by atoms with Gasteiger partial charge in [-0.15, -0.1) is 0 Å². The topological polar surface area (TPSA) is 76.4 Å². The molecule has 4 rings (SSSR count). The molecule has 0 aromatic carbocycles. The van der Waals surface area contributed by atoms with Crippen molar-refractivity contribution in [2.45, 2.75) is 57.5 Å². The summed E-state index contributed by atoms with van der Waals surface area (Å²) in [6.07, 6.45) is 9.57. The predicted octanol–water partition coefficient (Wildman–Crippen LogP) is 2.42. The Hall–Kier alpha value is -1.07. The smallest absolute Gasteiger partial charge is 0.407 e. The normalized spacial score (nSPS) is 37.3. The van der Waals surface area contributed by atoms with Gasteiger partial charge in [0.25, 0.3) is 0 Å². The van der Waals surface area contributed by atoms with Gasteiger partial charge in [0.05, 0.1) is 0 Å². The maximum absolute atomic E-state index is 12.1. The molecule has 2 unspecified atom stereocenters. The van der Waals surface area contributed by atoms with Gasteiger partial charge in [0, 0.05) is 18.1 Å². The molecule has 0 aromatic heterocycles. The van der Waals surface area contributed by atoms with Gasteiger partial charge in [-0.3, -0.25) is 0 Å². The van der Waals surface area contributed by atoms with Crippen molar-refractivity contribution in [3.63, 3.8) is 0 Å². The fourth-order valence-corrected chi connectivity index (χ4v) is 5.36. The first-order valence-electron chi connectivity index (χ1n) is 9.55. The van der Waals surface area contributed by atoms with Crippen LogP contribution in [-0.2, 0) is 4.74 Å². The van der Waals surface area contributed by atoms with Gasteiger partial charge in [0.2, 0.25) is 0 Å². The third kappa shape index (κ3) is 3.94. The number of carbonyl (C=O) groups is 1. The standard InChI is InChI=1S/C19H33N3O2/c1-13(2)12-21-19-9-14-7-15(10-19)17(16(8-14)11-19)22-18(23)24-6-4-3-5-20/h3-4,13-17,21H,5-12,20H2,1-2H3,(H,22,23)/b4-3+. The summed E-state index contributed by atoms with van der Waals surface area (Å²) in [5.41, 5.74) is 5.71. The van der Waals surface area contributed by atoms with E-state index in [1.807, 2.05) is 0 Å². The van der Waals surface area contributed by atoms with E-state index in [4.69, 9.17) is 10.5 Å². The van der Waals surface area contributed by atoms with E-state index in [2.05, 4.69) is 24.5 Å². The first-order chi connectivity index (χ1) is 11.5. The van der Waals surface area contributed by atoms with Gasteiger partial charge >= 0.3 is 6.09 Å². The second-order valence-corrected chi connectivity index (χ2v) is 8.50. The lowest BCUT2D eigenvalue weighted by Crippen LogP contribution is -2.66. The Morgan fingerprint density at radius 2 is 1.96 bits per heavy atom. The highest BCUT2D eigenvalue weighted by atomic mass is 16.5. The van der Waals surface area contributed by atoms with Gasteiger partial charge in [-0.05, 0) is 68.4 Å². The van der Waals surface area contributed by atoms with E-state index >= 15 is 0 Å². The number of amides is 1. The molecule has 5 nitrogen and oxygen atoms in total. The molecule has 2 atom stereocenters. The van der Waals surface area contributed by atoms with Crippen LogP contribution < -0.4 is 16.4 Å². The van der Waals surface area contributed by atoms with Crippen molar-refractivity contribution in [2.24, 2.45) is 29.4 Å². The molecule has 4 aliphatic rings. The zero-order chi connectivity index (χ0) is 17.2. The molecular weight excluding hydrogens is 302 g/mol. The van der Waals surface area contributed by atoms with Gasteiger partial charge in [-0.25, -0.2) is 4.79 Å². The van der Waals surface area contributed by atoms with Crippen LogP contribution in [0.1, 0.15) is 46.0 Å². The van der Waals surface area contributed by atoms with Crippen molar-refractivity contribution < 1.29 is 9.53 Å². The largest absolute Gasteiger partial charge is 0.445 e. The monoisotopic (exact) mass is 335 g/mol. The van der Waals surface area contributed by atoms with Gasteiger partial charge in [-0.1, -0.05) is 19.9 Å². The second kappa shape index (κ2) is 7.44. The number of alkyl carbamates (subject to hydrolysis) is 1. The molecule has 4 N–H and O–H groups in total. The summed E-state index contributed by atoms with van der Waals surface area (Å²) in [5.74, 6) is 2.72. The molecule has 24 heavy (non-hydrogen) atoms. The Morgan fingerprint density at radius 1 is 1.25 bits per heavy atom. The van der Waals surface area contributed by atoms with Crippen molar-refractivity contribution in [3.05, 3.63) is 12.2 Å². The number of nitrogens with two attached hydrogens (primary N) is 1. The van der Waals surface area contributed by atoms with E-state index in [1.165, 1.54) is 32.1 Å². The molecule has 0 aromatic rings.